The van der Waals surface area contributed by atoms with Crippen molar-refractivity contribution in [2.24, 2.45) is 0 Å². The van der Waals surface area contributed by atoms with Crippen molar-refractivity contribution in [3.05, 3.63) is 30.2 Å². The Morgan fingerprint density at radius 3 is 3.14 bits per heavy atom. The lowest BCUT2D eigenvalue weighted by Crippen LogP contribution is -2.14. The van der Waals surface area contributed by atoms with Gasteiger partial charge in [-0.15, -0.1) is 0 Å². The average Bonchev–Trinajstić information content (AvgIpc) is 2.65. The highest BCUT2D eigenvalue weighted by Crippen LogP contribution is 2.43. The van der Waals surface area contributed by atoms with Crippen LogP contribution < -0.4 is 9.47 Å². The third-order valence-electron chi connectivity index (χ3n) is 2.68. The highest BCUT2D eigenvalue weighted by Gasteiger charge is 2.27. The molecule has 14 heavy (non-hydrogen) atoms. The molecule has 73 valence electrons. The van der Waals surface area contributed by atoms with Crippen molar-refractivity contribution in [2.45, 2.75) is 12.5 Å². The molecule has 1 aromatic carbocycles. The summed E-state index contributed by atoms with van der Waals surface area (Å²) < 4.78 is 16.2. The Kier molecular flexibility index (Phi) is 1.67. The molecule has 1 radical (unpaired) electrons. The van der Waals surface area contributed by atoms with Crippen LogP contribution in [0.15, 0.2) is 12.1 Å². The van der Waals surface area contributed by atoms with Crippen LogP contribution in [0.25, 0.3) is 0 Å². The molecule has 2 heterocycles. The summed E-state index contributed by atoms with van der Waals surface area (Å²) in [7, 11) is 0. The zero-order valence-corrected chi connectivity index (χ0v) is 7.79. The van der Waals surface area contributed by atoms with Gasteiger partial charge in [0.25, 0.3) is 0 Å². The second kappa shape index (κ2) is 2.89. The van der Waals surface area contributed by atoms with Crippen molar-refractivity contribution < 1.29 is 14.2 Å². The lowest BCUT2D eigenvalue weighted by atomic mass is 9.97. The Labute approximate surface area is 82.6 Å². The topological polar surface area (TPSA) is 27.7 Å². The van der Waals surface area contributed by atoms with Gasteiger partial charge < -0.3 is 14.2 Å². The van der Waals surface area contributed by atoms with Crippen LogP contribution in [-0.4, -0.2) is 13.4 Å². The molecule has 0 spiro atoms. The first-order chi connectivity index (χ1) is 6.86. The minimum atomic E-state index is -0.129. The van der Waals surface area contributed by atoms with E-state index in [-0.39, 0.29) is 6.10 Å². The molecule has 0 amide bonds. The van der Waals surface area contributed by atoms with Gasteiger partial charge in [-0.05, 0) is 25.0 Å². The van der Waals surface area contributed by atoms with Crippen LogP contribution in [0.4, 0.5) is 0 Å². The Morgan fingerprint density at radius 2 is 2.21 bits per heavy atom. The van der Waals surface area contributed by atoms with E-state index in [1.807, 2.05) is 6.07 Å². The van der Waals surface area contributed by atoms with E-state index in [4.69, 9.17) is 14.2 Å². The van der Waals surface area contributed by atoms with Gasteiger partial charge in [-0.2, -0.15) is 0 Å². The number of hydrogen-bond donors (Lipinski definition) is 0. The van der Waals surface area contributed by atoms with E-state index in [9.17, 15) is 0 Å². The molecule has 0 saturated carbocycles. The van der Waals surface area contributed by atoms with Crippen LogP contribution in [0.2, 0.25) is 0 Å². The summed E-state index contributed by atoms with van der Waals surface area (Å²) >= 11 is 0. The summed E-state index contributed by atoms with van der Waals surface area (Å²) in [6.45, 7) is 5.00. The molecule has 0 aliphatic carbocycles. The van der Waals surface area contributed by atoms with Gasteiger partial charge in [-0.3, -0.25) is 0 Å². The van der Waals surface area contributed by atoms with Crippen molar-refractivity contribution in [2.75, 3.05) is 13.4 Å². The Morgan fingerprint density at radius 1 is 1.29 bits per heavy atom. The molecule has 2 aliphatic rings. The number of ether oxygens (including phenoxy) is 3. The van der Waals surface area contributed by atoms with Crippen LogP contribution in [0.5, 0.6) is 11.5 Å². The zero-order chi connectivity index (χ0) is 9.54. The van der Waals surface area contributed by atoms with Crippen LogP contribution in [0, 0.1) is 6.92 Å². The fourth-order valence-electron chi connectivity index (χ4n) is 2.00. The van der Waals surface area contributed by atoms with E-state index in [2.05, 4.69) is 13.0 Å². The Balaban J connectivity index is 2.19. The van der Waals surface area contributed by atoms with Gasteiger partial charge in [0.15, 0.2) is 11.5 Å². The van der Waals surface area contributed by atoms with Gasteiger partial charge in [0, 0.05) is 5.56 Å². The van der Waals surface area contributed by atoms with E-state index in [1.165, 1.54) is 5.56 Å². The van der Waals surface area contributed by atoms with Crippen molar-refractivity contribution >= 4 is 0 Å². The molecule has 3 rings (SSSR count). The van der Waals surface area contributed by atoms with Gasteiger partial charge >= 0.3 is 0 Å². The van der Waals surface area contributed by atoms with E-state index < -0.39 is 0 Å². The standard InChI is InChI=1S/C11H11O3/c1-7-10-8(4-5-12-7)2-3-9-11(10)14-6-13-9/h2-3,7H,1,4-6H2. The molecular weight excluding hydrogens is 180 g/mol. The van der Waals surface area contributed by atoms with Gasteiger partial charge in [0.2, 0.25) is 6.79 Å². The molecule has 1 aromatic rings. The normalized spacial score (nSPS) is 23.4. The molecule has 3 nitrogen and oxygen atoms in total. The largest absolute Gasteiger partial charge is 0.454 e. The van der Waals surface area contributed by atoms with Crippen molar-refractivity contribution in [3.63, 3.8) is 0 Å². The first kappa shape index (κ1) is 8.12. The lowest BCUT2D eigenvalue weighted by molar-refractivity contribution is 0.0702. The predicted octanol–water partition coefficient (Wildman–Crippen LogP) is 1.86. The highest BCUT2D eigenvalue weighted by molar-refractivity contribution is 5.54. The fraction of sp³-hybridized carbons (Fsp3) is 0.364. The van der Waals surface area contributed by atoms with Crippen LogP contribution >= 0.6 is 0 Å². The van der Waals surface area contributed by atoms with Gasteiger partial charge in [0.1, 0.15) is 0 Å². The first-order valence-electron chi connectivity index (χ1n) is 4.72. The van der Waals surface area contributed by atoms with E-state index >= 15 is 0 Å². The molecule has 3 heteroatoms. The van der Waals surface area contributed by atoms with E-state index in [0.29, 0.717) is 6.79 Å². The van der Waals surface area contributed by atoms with Crippen molar-refractivity contribution in [3.8, 4) is 11.5 Å². The Hall–Kier alpha value is -1.22. The minimum absolute atomic E-state index is 0.129. The fourth-order valence-corrected chi connectivity index (χ4v) is 2.00. The third kappa shape index (κ3) is 1.02. The zero-order valence-electron chi connectivity index (χ0n) is 7.79. The smallest absolute Gasteiger partial charge is 0.231 e. The van der Waals surface area contributed by atoms with Gasteiger partial charge in [0.05, 0.1) is 12.7 Å². The first-order valence-corrected chi connectivity index (χ1v) is 4.72. The van der Waals surface area contributed by atoms with Gasteiger partial charge in [-0.25, -0.2) is 0 Å². The number of hydrogen-bond acceptors (Lipinski definition) is 3. The van der Waals surface area contributed by atoms with E-state index in [1.54, 1.807) is 0 Å². The predicted molar refractivity (Wildman–Crippen MR) is 50.3 cm³/mol. The summed E-state index contributed by atoms with van der Waals surface area (Å²) in [6.07, 6.45) is 0.799. The summed E-state index contributed by atoms with van der Waals surface area (Å²) in [6, 6.07) is 4.03. The molecule has 0 saturated heterocycles. The monoisotopic (exact) mass is 191 g/mol. The summed E-state index contributed by atoms with van der Waals surface area (Å²) in [5.74, 6) is 1.63. The second-order valence-corrected chi connectivity index (χ2v) is 3.48. The van der Waals surface area contributed by atoms with Crippen molar-refractivity contribution in [1.29, 1.82) is 0 Å². The third-order valence-corrected chi connectivity index (χ3v) is 2.68. The molecular formula is C11H11O3. The second-order valence-electron chi connectivity index (χ2n) is 3.48. The average molecular weight is 191 g/mol. The van der Waals surface area contributed by atoms with Crippen LogP contribution in [0.1, 0.15) is 17.2 Å². The molecule has 1 unspecified atom stereocenters. The SMILES string of the molecule is [CH2]C1OCCc2ccc3c(c21)OCO3. The maximum atomic E-state index is 5.48. The molecule has 0 fully saturated rings. The number of benzene rings is 1. The molecule has 0 aromatic heterocycles. The lowest BCUT2D eigenvalue weighted by Gasteiger charge is -2.23. The summed E-state index contributed by atoms with van der Waals surface area (Å²) in [4.78, 5) is 0. The maximum absolute atomic E-state index is 5.48. The quantitative estimate of drug-likeness (QED) is 0.626. The molecule has 2 aliphatic heterocycles. The molecule has 1 atom stereocenters. The molecule has 0 N–H and O–H groups in total. The van der Waals surface area contributed by atoms with Gasteiger partial charge in [-0.1, -0.05) is 6.07 Å². The summed E-state index contributed by atoms with van der Waals surface area (Å²) in [5, 5.41) is 0. The molecule has 0 bridgehead atoms. The Bertz CT molecular complexity index is 373. The van der Waals surface area contributed by atoms with Crippen LogP contribution in [-0.2, 0) is 11.2 Å². The minimum Gasteiger partial charge on any atom is -0.454 e. The summed E-state index contributed by atoms with van der Waals surface area (Å²) in [5.41, 5.74) is 2.33. The number of rotatable bonds is 0. The van der Waals surface area contributed by atoms with Crippen molar-refractivity contribution in [1.82, 2.24) is 0 Å². The maximum Gasteiger partial charge on any atom is 0.231 e. The van der Waals surface area contributed by atoms with E-state index in [0.717, 1.165) is 30.1 Å². The van der Waals surface area contributed by atoms with Crippen LogP contribution in [0.3, 0.4) is 0 Å². The number of fused-ring (bicyclic) bond motifs is 3. The highest BCUT2D eigenvalue weighted by atomic mass is 16.7.